The van der Waals surface area contributed by atoms with Gasteiger partial charge in [-0.1, -0.05) is 20.8 Å². The predicted octanol–water partition coefficient (Wildman–Crippen LogP) is 3.16. The van der Waals surface area contributed by atoms with Gasteiger partial charge in [-0.25, -0.2) is 23.5 Å². The standard InChI is InChI=1S/C12H11N5O2.C11H20F2N2O/c1-2-17-6-7(3-15-17)9-5-14-11-10(16-9)8(4-13-11)12(18)19;1-10(2,3)8(14)9(16)15-6-4-11(12,13)5-7-15/h3-6H,2H2,1H3,(H,13,14)(H,18,19);8H,4-7,14H2,1-3H3/t;8-/m.0/s1. The fourth-order valence-corrected chi connectivity index (χ4v) is 3.48. The van der Waals surface area contributed by atoms with Crippen LogP contribution in [0.25, 0.3) is 22.4 Å². The molecule has 10 nitrogen and oxygen atoms in total. The van der Waals surface area contributed by atoms with E-state index in [1.807, 2.05) is 33.9 Å². The van der Waals surface area contributed by atoms with Gasteiger partial charge < -0.3 is 20.7 Å². The number of aryl methyl sites for hydroxylation is 1. The molecule has 1 saturated heterocycles. The van der Waals surface area contributed by atoms with Crippen molar-refractivity contribution in [1.29, 1.82) is 0 Å². The molecule has 1 fully saturated rings. The van der Waals surface area contributed by atoms with Crippen LogP contribution >= 0.6 is 0 Å². The molecule has 0 bridgehead atoms. The molecule has 4 heterocycles. The third-order valence-electron chi connectivity index (χ3n) is 5.87. The molecule has 3 aromatic rings. The topological polar surface area (TPSA) is 143 Å². The fraction of sp³-hybridized carbons (Fsp3) is 0.522. The number of amides is 1. The van der Waals surface area contributed by atoms with Crippen LogP contribution in [0.1, 0.15) is 50.9 Å². The van der Waals surface area contributed by atoms with Gasteiger partial charge in [0, 0.05) is 50.4 Å². The molecule has 0 unspecified atom stereocenters. The van der Waals surface area contributed by atoms with Crippen molar-refractivity contribution in [3.63, 3.8) is 0 Å². The van der Waals surface area contributed by atoms with Crippen molar-refractivity contribution < 1.29 is 23.5 Å². The number of carboxylic acid groups (broad SMARTS) is 1. The number of carboxylic acids is 1. The van der Waals surface area contributed by atoms with Gasteiger partial charge in [0.15, 0.2) is 5.65 Å². The average Bonchev–Trinajstić information content (AvgIpc) is 3.44. The largest absolute Gasteiger partial charge is 0.478 e. The number of alkyl halides is 2. The molecule has 0 aliphatic carbocycles. The van der Waals surface area contributed by atoms with Crippen LogP contribution in [0.5, 0.6) is 0 Å². The van der Waals surface area contributed by atoms with E-state index in [9.17, 15) is 18.4 Å². The van der Waals surface area contributed by atoms with Gasteiger partial charge in [-0.2, -0.15) is 5.10 Å². The number of rotatable bonds is 4. The third kappa shape index (κ3) is 6.18. The Hall–Kier alpha value is -3.41. The molecule has 35 heavy (non-hydrogen) atoms. The van der Waals surface area contributed by atoms with Crippen LogP contribution in [0.3, 0.4) is 0 Å². The van der Waals surface area contributed by atoms with Crippen LogP contribution in [-0.2, 0) is 11.3 Å². The smallest absolute Gasteiger partial charge is 0.339 e. The first-order chi connectivity index (χ1) is 16.3. The van der Waals surface area contributed by atoms with Crippen molar-refractivity contribution in [2.45, 2.75) is 59.0 Å². The first-order valence-electron chi connectivity index (χ1n) is 11.3. The second kappa shape index (κ2) is 10.1. The van der Waals surface area contributed by atoms with Gasteiger partial charge in [0.05, 0.1) is 24.1 Å². The van der Waals surface area contributed by atoms with Gasteiger partial charge in [-0.15, -0.1) is 0 Å². The van der Waals surface area contributed by atoms with Crippen molar-refractivity contribution in [3.05, 3.63) is 30.4 Å². The third-order valence-corrected chi connectivity index (χ3v) is 5.87. The normalized spacial score (nSPS) is 16.5. The molecule has 1 atom stereocenters. The van der Waals surface area contributed by atoms with Crippen molar-refractivity contribution in [3.8, 4) is 11.3 Å². The average molecular weight is 492 g/mol. The minimum Gasteiger partial charge on any atom is -0.478 e. The van der Waals surface area contributed by atoms with Gasteiger partial charge in [-0.3, -0.25) is 9.48 Å². The number of aromatic nitrogens is 5. The monoisotopic (exact) mass is 491 g/mol. The Labute approximate surface area is 201 Å². The van der Waals surface area contributed by atoms with E-state index in [0.717, 1.165) is 12.1 Å². The molecule has 190 valence electrons. The van der Waals surface area contributed by atoms with Crippen LogP contribution in [0.2, 0.25) is 0 Å². The van der Waals surface area contributed by atoms with E-state index in [4.69, 9.17) is 10.8 Å². The Morgan fingerprint density at radius 3 is 2.46 bits per heavy atom. The number of H-pyrrole nitrogens is 1. The summed E-state index contributed by atoms with van der Waals surface area (Å²) >= 11 is 0. The summed E-state index contributed by atoms with van der Waals surface area (Å²) in [4.78, 5) is 35.7. The van der Waals surface area contributed by atoms with Crippen LogP contribution in [-0.4, -0.2) is 71.7 Å². The highest BCUT2D eigenvalue weighted by molar-refractivity contribution is 6.00. The Morgan fingerprint density at radius 2 is 1.91 bits per heavy atom. The first kappa shape index (κ1) is 26.2. The Bertz CT molecular complexity index is 1190. The van der Waals surface area contributed by atoms with E-state index in [-0.39, 0.29) is 42.8 Å². The number of aromatic amines is 1. The number of fused-ring (bicyclic) bond motifs is 1. The molecule has 4 N–H and O–H groups in total. The molecule has 4 rings (SSSR count). The number of piperidine rings is 1. The number of aromatic carboxylic acids is 1. The fourth-order valence-electron chi connectivity index (χ4n) is 3.48. The van der Waals surface area contributed by atoms with E-state index in [1.165, 1.54) is 11.1 Å². The zero-order valence-corrected chi connectivity index (χ0v) is 20.3. The van der Waals surface area contributed by atoms with E-state index in [2.05, 4.69) is 20.1 Å². The lowest BCUT2D eigenvalue weighted by atomic mass is 9.86. The number of likely N-dealkylation sites (tertiary alicyclic amines) is 1. The zero-order chi connectivity index (χ0) is 26.0. The summed E-state index contributed by atoms with van der Waals surface area (Å²) in [5.41, 5.74) is 7.83. The number of carbonyl (C=O) groups is 2. The van der Waals surface area contributed by atoms with Gasteiger partial charge in [-0.05, 0) is 12.3 Å². The summed E-state index contributed by atoms with van der Waals surface area (Å²) in [5, 5.41) is 13.2. The van der Waals surface area contributed by atoms with Crippen molar-refractivity contribution >= 4 is 23.0 Å². The molecule has 0 radical (unpaired) electrons. The van der Waals surface area contributed by atoms with Gasteiger partial charge in [0.2, 0.25) is 5.91 Å². The lowest BCUT2D eigenvalue weighted by Crippen LogP contribution is -2.53. The Morgan fingerprint density at radius 1 is 1.26 bits per heavy atom. The maximum atomic E-state index is 12.9. The van der Waals surface area contributed by atoms with Crippen molar-refractivity contribution in [2.24, 2.45) is 11.1 Å². The van der Waals surface area contributed by atoms with Gasteiger partial charge >= 0.3 is 5.97 Å². The number of halogens is 2. The highest BCUT2D eigenvalue weighted by Crippen LogP contribution is 2.29. The molecule has 0 spiro atoms. The maximum absolute atomic E-state index is 12.9. The van der Waals surface area contributed by atoms with Crippen LogP contribution < -0.4 is 5.73 Å². The molecule has 12 heteroatoms. The number of nitrogens with two attached hydrogens (primary N) is 1. The minimum atomic E-state index is -2.62. The lowest BCUT2D eigenvalue weighted by molar-refractivity contribution is -0.140. The molecule has 0 aromatic carbocycles. The quantitative estimate of drug-likeness (QED) is 0.509. The van der Waals surface area contributed by atoms with Crippen LogP contribution in [0, 0.1) is 5.41 Å². The van der Waals surface area contributed by atoms with E-state index in [0.29, 0.717) is 16.9 Å². The Balaban J connectivity index is 0.000000199. The second-order valence-electron chi connectivity index (χ2n) is 9.57. The second-order valence-corrected chi connectivity index (χ2v) is 9.57. The van der Waals surface area contributed by atoms with Crippen LogP contribution in [0.4, 0.5) is 8.78 Å². The van der Waals surface area contributed by atoms with Crippen molar-refractivity contribution in [1.82, 2.24) is 29.6 Å². The summed E-state index contributed by atoms with van der Waals surface area (Å²) in [6.07, 6.45) is 6.02. The molecular weight excluding hydrogens is 460 g/mol. The van der Waals surface area contributed by atoms with E-state index in [1.54, 1.807) is 17.1 Å². The molecular formula is C23H31F2N7O3. The maximum Gasteiger partial charge on any atom is 0.339 e. The Kier molecular flexibility index (Phi) is 7.53. The SMILES string of the molecule is CC(C)(C)[C@@H](N)C(=O)N1CCC(F)(F)CC1.CCn1cc(-c2cnc3[nH]cc(C(=O)O)c3n2)cn1. The molecule has 0 saturated carbocycles. The number of nitrogens with one attached hydrogen (secondary N) is 1. The number of hydrogen-bond acceptors (Lipinski definition) is 6. The molecule has 1 aliphatic heterocycles. The molecule has 1 amide bonds. The van der Waals surface area contributed by atoms with Gasteiger partial charge in [0.25, 0.3) is 5.92 Å². The lowest BCUT2D eigenvalue weighted by Gasteiger charge is -2.36. The molecule has 3 aromatic heterocycles. The van der Waals surface area contributed by atoms with E-state index >= 15 is 0 Å². The zero-order valence-electron chi connectivity index (χ0n) is 20.3. The summed E-state index contributed by atoms with van der Waals surface area (Å²) < 4.78 is 27.6. The number of carbonyl (C=O) groups excluding carboxylic acids is 1. The van der Waals surface area contributed by atoms with E-state index < -0.39 is 17.9 Å². The first-order valence-corrected chi connectivity index (χ1v) is 11.3. The van der Waals surface area contributed by atoms with Crippen LogP contribution in [0.15, 0.2) is 24.8 Å². The summed E-state index contributed by atoms with van der Waals surface area (Å²) in [7, 11) is 0. The number of nitrogens with zero attached hydrogens (tertiary/aromatic N) is 5. The predicted molar refractivity (Wildman–Crippen MR) is 126 cm³/mol. The minimum absolute atomic E-state index is 0.107. The number of hydrogen-bond donors (Lipinski definition) is 3. The summed E-state index contributed by atoms with van der Waals surface area (Å²) in [6, 6.07) is -0.626. The molecule has 1 aliphatic rings. The summed E-state index contributed by atoms with van der Waals surface area (Å²) in [6.45, 7) is 8.57. The van der Waals surface area contributed by atoms with Crippen molar-refractivity contribution in [2.75, 3.05) is 13.1 Å². The summed E-state index contributed by atoms with van der Waals surface area (Å²) in [5.74, 6) is -3.87. The highest BCUT2D eigenvalue weighted by Gasteiger charge is 2.38. The van der Waals surface area contributed by atoms with Gasteiger partial charge in [0.1, 0.15) is 11.1 Å². The highest BCUT2D eigenvalue weighted by atomic mass is 19.3.